The Labute approximate surface area is 135 Å². The fourth-order valence-electron chi connectivity index (χ4n) is 2.26. The predicted octanol–water partition coefficient (Wildman–Crippen LogP) is 2.92. The van der Waals surface area contributed by atoms with Crippen molar-refractivity contribution in [2.24, 2.45) is 0 Å². The number of nitrogens with one attached hydrogen (secondary N) is 2. The van der Waals surface area contributed by atoms with Gasteiger partial charge in [-0.25, -0.2) is 9.18 Å². The van der Waals surface area contributed by atoms with Crippen LogP contribution in [0.2, 0.25) is 0 Å². The molecule has 0 aromatic heterocycles. The minimum Gasteiger partial charge on any atom is -0.394 e. The van der Waals surface area contributed by atoms with E-state index in [9.17, 15) is 14.3 Å². The highest BCUT2D eigenvalue weighted by atomic mass is 19.1. The largest absolute Gasteiger partial charge is 0.394 e. The summed E-state index contributed by atoms with van der Waals surface area (Å²) >= 11 is 0. The number of carbonyl (C=O) groups is 1. The van der Waals surface area contributed by atoms with Crippen molar-refractivity contribution in [3.8, 4) is 0 Å². The number of aliphatic hydroxyl groups excluding tert-OH is 1. The molecule has 0 bridgehead atoms. The topological polar surface area (TPSA) is 61.4 Å². The highest BCUT2D eigenvalue weighted by Crippen LogP contribution is 2.14. The highest BCUT2D eigenvalue weighted by molar-refractivity contribution is 5.74. The lowest BCUT2D eigenvalue weighted by molar-refractivity contribution is 0.216. The van der Waals surface area contributed by atoms with Crippen LogP contribution >= 0.6 is 0 Å². The van der Waals surface area contributed by atoms with Gasteiger partial charge >= 0.3 is 6.03 Å². The Kier molecular flexibility index (Phi) is 6.11. The Hall–Kier alpha value is -2.40. The quantitative estimate of drug-likeness (QED) is 0.767. The van der Waals surface area contributed by atoms with Gasteiger partial charge in [-0.15, -0.1) is 0 Å². The maximum Gasteiger partial charge on any atom is 0.315 e. The Balaban J connectivity index is 1.91. The summed E-state index contributed by atoms with van der Waals surface area (Å²) in [6, 6.07) is 12.9. The van der Waals surface area contributed by atoms with Crippen LogP contribution < -0.4 is 10.6 Å². The van der Waals surface area contributed by atoms with E-state index in [4.69, 9.17) is 0 Å². The normalized spacial score (nSPS) is 11.8. The molecule has 0 aliphatic heterocycles. The van der Waals surface area contributed by atoms with Gasteiger partial charge in [0.2, 0.25) is 0 Å². The van der Waals surface area contributed by atoms with E-state index in [1.807, 2.05) is 24.3 Å². The van der Waals surface area contributed by atoms with Crippen molar-refractivity contribution >= 4 is 6.03 Å². The first-order chi connectivity index (χ1) is 11.1. The van der Waals surface area contributed by atoms with Crippen LogP contribution in [-0.2, 0) is 13.0 Å². The fraction of sp³-hybridized carbons (Fsp3) is 0.278. The molecule has 0 saturated carbocycles. The van der Waals surface area contributed by atoms with Crippen LogP contribution in [0.25, 0.3) is 0 Å². The highest BCUT2D eigenvalue weighted by Gasteiger charge is 2.13. The third-order valence-electron chi connectivity index (χ3n) is 3.62. The minimum absolute atomic E-state index is 0.196. The van der Waals surface area contributed by atoms with Crippen molar-refractivity contribution in [3.05, 3.63) is 71.0 Å². The second kappa shape index (κ2) is 8.29. The number of carbonyl (C=O) groups excluding carboxylic acids is 1. The van der Waals surface area contributed by atoms with Crippen molar-refractivity contribution in [3.63, 3.8) is 0 Å². The van der Waals surface area contributed by atoms with Crippen molar-refractivity contribution in [2.45, 2.75) is 25.9 Å². The number of hydrogen-bond donors (Lipinski definition) is 3. The molecule has 0 heterocycles. The van der Waals surface area contributed by atoms with E-state index in [-0.39, 0.29) is 19.0 Å². The zero-order valence-corrected chi connectivity index (χ0v) is 13.1. The molecule has 2 aromatic carbocycles. The second-order valence-corrected chi connectivity index (χ2v) is 5.29. The molecule has 0 aliphatic carbocycles. The summed E-state index contributed by atoms with van der Waals surface area (Å²) in [5.74, 6) is -0.339. The first kappa shape index (κ1) is 17.0. The average Bonchev–Trinajstić information content (AvgIpc) is 2.58. The van der Waals surface area contributed by atoms with Gasteiger partial charge in [0, 0.05) is 6.54 Å². The number of halogens is 1. The average molecular weight is 316 g/mol. The Morgan fingerprint density at radius 2 is 1.91 bits per heavy atom. The molecule has 122 valence electrons. The van der Waals surface area contributed by atoms with E-state index < -0.39 is 12.1 Å². The van der Waals surface area contributed by atoms with Gasteiger partial charge in [0.25, 0.3) is 0 Å². The summed E-state index contributed by atoms with van der Waals surface area (Å²) in [6.45, 7) is 2.09. The third-order valence-corrected chi connectivity index (χ3v) is 3.62. The van der Waals surface area contributed by atoms with E-state index in [0.29, 0.717) is 5.56 Å². The number of amides is 2. The van der Waals surface area contributed by atoms with Crippen LogP contribution in [0.5, 0.6) is 0 Å². The van der Waals surface area contributed by atoms with E-state index in [0.717, 1.165) is 12.0 Å². The molecule has 0 fully saturated rings. The molecule has 0 radical (unpaired) electrons. The Morgan fingerprint density at radius 3 is 2.52 bits per heavy atom. The van der Waals surface area contributed by atoms with Crippen molar-refractivity contribution < 1.29 is 14.3 Å². The summed E-state index contributed by atoms with van der Waals surface area (Å²) in [6.07, 6.45) is 0.936. The Bertz CT molecular complexity index is 644. The molecule has 0 saturated heterocycles. The lowest BCUT2D eigenvalue weighted by atomic mass is 10.0. The standard InChI is InChI=1S/C18H21FN2O2/c1-2-13-6-8-15(9-7-13)17(12-22)21-18(23)20-11-14-4-3-5-16(19)10-14/h3-10,17,22H,2,11-12H2,1H3,(H2,20,21,23). The molecular formula is C18H21FN2O2. The lowest BCUT2D eigenvalue weighted by Crippen LogP contribution is -2.38. The lowest BCUT2D eigenvalue weighted by Gasteiger charge is -2.17. The number of urea groups is 1. The zero-order valence-electron chi connectivity index (χ0n) is 13.1. The molecular weight excluding hydrogens is 295 g/mol. The van der Waals surface area contributed by atoms with Crippen LogP contribution in [0.15, 0.2) is 48.5 Å². The Morgan fingerprint density at radius 1 is 1.17 bits per heavy atom. The summed E-state index contributed by atoms with van der Waals surface area (Å²) < 4.78 is 13.1. The number of benzene rings is 2. The van der Waals surface area contributed by atoms with Gasteiger partial charge in [-0.3, -0.25) is 0 Å². The molecule has 1 atom stereocenters. The van der Waals surface area contributed by atoms with Crippen molar-refractivity contribution in [1.29, 1.82) is 0 Å². The maximum absolute atomic E-state index is 13.1. The van der Waals surface area contributed by atoms with Crippen molar-refractivity contribution in [2.75, 3.05) is 6.61 Å². The van der Waals surface area contributed by atoms with E-state index in [1.165, 1.54) is 17.7 Å². The summed E-state index contributed by atoms with van der Waals surface area (Å²) in [7, 11) is 0. The molecule has 0 aliphatic rings. The molecule has 1 unspecified atom stereocenters. The van der Waals surface area contributed by atoms with Gasteiger partial charge in [-0.1, -0.05) is 43.3 Å². The molecule has 2 amide bonds. The van der Waals surface area contributed by atoms with Crippen LogP contribution in [0.1, 0.15) is 29.7 Å². The monoisotopic (exact) mass is 316 g/mol. The van der Waals surface area contributed by atoms with E-state index in [2.05, 4.69) is 17.6 Å². The first-order valence-electron chi connectivity index (χ1n) is 7.61. The molecule has 4 nitrogen and oxygen atoms in total. The van der Waals surface area contributed by atoms with E-state index >= 15 is 0 Å². The summed E-state index contributed by atoms with van der Waals surface area (Å²) in [4.78, 5) is 11.9. The number of aryl methyl sites for hydroxylation is 1. The molecule has 2 aromatic rings. The number of hydrogen-bond acceptors (Lipinski definition) is 2. The van der Waals surface area contributed by atoms with Crippen LogP contribution in [0.3, 0.4) is 0 Å². The van der Waals surface area contributed by atoms with Gasteiger partial charge < -0.3 is 15.7 Å². The number of rotatable bonds is 6. The fourth-order valence-corrected chi connectivity index (χ4v) is 2.26. The summed E-state index contributed by atoms with van der Waals surface area (Å²) in [5.41, 5.74) is 2.71. The smallest absolute Gasteiger partial charge is 0.315 e. The molecule has 5 heteroatoms. The molecule has 3 N–H and O–H groups in total. The van der Waals surface area contributed by atoms with Crippen LogP contribution in [0.4, 0.5) is 9.18 Å². The van der Waals surface area contributed by atoms with Gasteiger partial charge in [0.1, 0.15) is 5.82 Å². The number of aliphatic hydroxyl groups is 1. The van der Waals surface area contributed by atoms with Crippen molar-refractivity contribution in [1.82, 2.24) is 10.6 Å². The second-order valence-electron chi connectivity index (χ2n) is 5.29. The van der Waals surface area contributed by atoms with Gasteiger partial charge in [-0.05, 0) is 35.2 Å². The summed E-state index contributed by atoms with van der Waals surface area (Å²) in [5, 5.41) is 14.9. The molecule has 2 rings (SSSR count). The van der Waals surface area contributed by atoms with Gasteiger partial charge in [0.05, 0.1) is 12.6 Å². The SMILES string of the molecule is CCc1ccc(C(CO)NC(=O)NCc2cccc(F)c2)cc1. The molecule has 23 heavy (non-hydrogen) atoms. The van der Waals surface area contributed by atoms with Gasteiger partial charge in [0.15, 0.2) is 0 Å². The predicted molar refractivity (Wildman–Crippen MR) is 87.4 cm³/mol. The van der Waals surface area contributed by atoms with Crippen LogP contribution in [-0.4, -0.2) is 17.7 Å². The van der Waals surface area contributed by atoms with Crippen LogP contribution in [0, 0.1) is 5.82 Å². The third kappa shape index (κ3) is 5.07. The minimum atomic E-state index is -0.478. The maximum atomic E-state index is 13.1. The molecule has 0 spiro atoms. The zero-order chi connectivity index (χ0) is 16.7. The first-order valence-corrected chi connectivity index (χ1v) is 7.61. The van der Waals surface area contributed by atoms with E-state index in [1.54, 1.807) is 12.1 Å². The van der Waals surface area contributed by atoms with Gasteiger partial charge in [-0.2, -0.15) is 0 Å².